The summed E-state index contributed by atoms with van der Waals surface area (Å²) in [7, 11) is 1.72. The number of hydrogen-bond acceptors (Lipinski definition) is 7. The summed E-state index contributed by atoms with van der Waals surface area (Å²) in [4.78, 5) is 34.9. The Bertz CT molecular complexity index is 1100. The van der Waals surface area contributed by atoms with Gasteiger partial charge < -0.3 is 14.4 Å². The molecule has 4 rings (SSSR count). The normalized spacial score (nSPS) is 18.9. The Morgan fingerprint density at radius 3 is 2.79 bits per heavy atom. The van der Waals surface area contributed by atoms with Gasteiger partial charge in [-0.3, -0.25) is 14.5 Å². The van der Waals surface area contributed by atoms with E-state index in [4.69, 9.17) is 9.47 Å². The predicted molar refractivity (Wildman–Crippen MR) is 133 cm³/mol. The molecule has 0 spiro atoms. The molecule has 2 saturated heterocycles. The molecule has 0 aromatic heterocycles. The fraction of sp³-hybridized carbons (Fsp3) is 0.292. The molecule has 9 heteroatoms. The molecule has 0 atom stereocenters. The average Bonchev–Trinajstić information content (AvgIpc) is 3.11. The maximum Gasteiger partial charge on any atom is 0.266 e. The Morgan fingerprint density at radius 1 is 1.21 bits per heavy atom. The lowest BCUT2D eigenvalue weighted by atomic mass is 10.2. The Kier molecular flexibility index (Phi) is 7.74. The molecule has 2 aromatic carbocycles. The van der Waals surface area contributed by atoms with Crippen LogP contribution >= 0.6 is 23.5 Å². The van der Waals surface area contributed by atoms with Crippen LogP contribution in [0.15, 0.2) is 63.3 Å². The van der Waals surface area contributed by atoms with E-state index in [0.717, 1.165) is 16.1 Å². The van der Waals surface area contributed by atoms with E-state index in [-0.39, 0.29) is 18.4 Å². The van der Waals surface area contributed by atoms with Crippen LogP contribution < -0.4 is 4.74 Å². The van der Waals surface area contributed by atoms with Gasteiger partial charge in [0.1, 0.15) is 5.75 Å². The molecule has 0 radical (unpaired) electrons. The number of ether oxygens (including phenoxy) is 2. The minimum absolute atomic E-state index is 0.0559. The maximum atomic E-state index is 12.9. The number of thioether (sulfide) groups is 2. The average molecular weight is 484 g/mol. The van der Waals surface area contributed by atoms with Gasteiger partial charge in [-0.15, -0.1) is 11.8 Å². The number of hydrogen-bond donors (Lipinski definition) is 0. The predicted octanol–water partition coefficient (Wildman–Crippen LogP) is 3.88. The van der Waals surface area contributed by atoms with Crippen molar-refractivity contribution in [3.8, 4) is 5.75 Å². The second kappa shape index (κ2) is 10.9. The van der Waals surface area contributed by atoms with Gasteiger partial charge in [0, 0.05) is 30.6 Å². The van der Waals surface area contributed by atoms with Crippen molar-refractivity contribution in [3.05, 3.63) is 59.0 Å². The molecule has 0 bridgehead atoms. The highest BCUT2D eigenvalue weighted by molar-refractivity contribution is 8.18. The van der Waals surface area contributed by atoms with Crippen LogP contribution in [0.4, 0.5) is 5.69 Å². The Labute approximate surface area is 201 Å². The summed E-state index contributed by atoms with van der Waals surface area (Å²) in [5.74, 6) is 0.355. The number of amides is 2. The molecular formula is C24H25N3O4S2. The fourth-order valence-corrected chi connectivity index (χ4v) is 4.79. The van der Waals surface area contributed by atoms with E-state index < -0.39 is 0 Å². The number of morpholine rings is 1. The summed E-state index contributed by atoms with van der Waals surface area (Å²) in [5, 5.41) is 0.616. The first-order chi connectivity index (χ1) is 16.0. The SMILES string of the molecule is CSc1cccc(N=C2S/C(=C/c3ccccc3OCC(=O)N3CCOCC3)C(=O)N2C)c1. The summed E-state index contributed by atoms with van der Waals surface area (Å²) in [6.07, 6.45) is 3.81. The molecule has 0 unspecified atom stereocenters. The van der Waals surface area contributed by atoms with E-state index in [1.54, 1.807) is 40.8 Å². The lowest BCUT2D eigenvalue weighted by Gasteiger charge is -2.26. The van der Waals surface area contributed by atoms with Gasteiger partial charge in [0.15, 0.2) is 11.8 Å². The van der Waals surface area contributed by atoms with Crippen molar-refractivity contribution in [1.29, 1.82) is 0 Å². The molecule has 0 saturated carbocycles. The first-order valence-electron chi connectivity index (χ1n) is 10.5. The summed E-state index contributed by atoms with van der Waals surface area (Å²) in [5.41, 5.74) is 1.54. The first-order valence-corrected chi connectivity index (χ1v) is 12.6. The smallest absolute Gasteiger partial charge is 0.266 e. The molecule has 2 fully saturated rings. The minimum Gasteiger partial charge on any atom is -0.483 e. The molecule has 2 aliphatic rings. The van der Waals surface area contributed by atoms with E-state index >= 15 is 0 Å². The molecule has 172 valence electrons. The summed E-state index contributed by atoms with van der Waals surface area (Å²) < 4.78 is 11.1. The number of carbonyl (C=O) groups excluding carboxylic acids is 2. The van der Waals surface area contributed by atoms with Crippen LogP contribution in [0.1, 0.15) is 5.56 Å². The van der Waals surface area contributed by atoms with Crippen molar-refractivity contribution in [2.45, 2.75) is 4.90 Å². The number of benzene rings is 2. The van der Waals surface area contributed by atoms with Crippen LogP contribution in [0.5, 0.6) is 5.75 Å². The second-order valence-corrected chi connectivity index (χ2v) is 9.28. The van der Waals surface area contributed by atoms with Crippen molar-refractivity contribution < 1.29 is 19.1 Å². The van der Waals surface area contributed by atoms with Gasteiger partial charge in [0.25, 0.3) is 11.8 Å². The molecule has 2 amide bonds. The van der Waals surface area contributed by atoms with Crippen molar-refractivity contribution >= 4 is 52.3 Å². The van der Waals surface area contributed by atoms with Gasteiger partial charge in [-0.2, -0.15) is 0 Å². The van der Waals surface area contributed by atoms with Crippen LogP contribution in [-0.4, -0.2) is 73.0 Å². The number of rotatable bonds is 6. The molecule has 33 heavy (non-hydrogen) atoms. The zero-order valence-corrected chi connectivity index (χ0v) is 20.2. The van der Waals surface area contributed by atoms with E-state index in [1.165, 1.54) is 11.8 Å². The monoisotopic (exact) mass is 483 g/mol. The maximum absolute atomic E-state index is 12.9. The number of carbonyl (C=O) groups is 2. The van der Waals surface area contributed by atoms with Gasteiger partial charge >= 0.3 is 0 Å². The molecule has 2 heterocycles. The van der Waals surface area contributed by atoms with Gasteiger partial charge in [0.05, 0.1) is 23.8 Å². The van der Waals surface area contributed by atoms with E-state index in [2.05, 4.69) is 4.99 Å². The van der Waals surface area contributed by atoms with Gasteiger partial charge in [-0.25, -0.2) is 4.99 Å². The van der Waals surface area contributed by atoms with Crippen LogP contribution in [0.25, 0.3) is 6.08 Å². The van der Waals surface area contributed by atoms with Crippen LogP contribution in [0.2, 0.25) is 0 Å². The summed E-state index contributed by atoms with van der Waals surface area (Å²) in [6, 6.07) is 15.3. The lowest BCUT2D eigenvalue weighted by molar-refractivity contribution is -0.137. The largest absolute Gasteiger partial charge is 0.483 e. The molecular weight excluding hydrogens is 458 g/mol. The third kappa shape index (κ3) is 5.79. The number of para-hydroxylation sites is 1. The molecule has 2 aromatic rings. The first kappa shape index (κ1) is 23.4. The second-order valence-electron chi connectivity index (χ2n) is 7.39. The molecule has 2 aliphatic heterocycles. The topological polar surface area (TPSA) is 71.4 Å². The fourth-order valence-electron chi connectivity index (χ4n) is 3.36. The van der Waals surface area contributed by atoms with E-state index in [1.807, 2.05) is 48.7 Å². The quantitative estimate of drug-likeness (QED) is 0.459. The highest BCUT2D eigenvalue weighted by Crippen LogP contribution is 2.35. The molecule has 0 aliphatic carbocycles. The zero-order valence-electron chi connectivity index (χ0n) is 18.5. The number of amidine groups is 1. The number of aliphatic imine (C=N–C) groups is 1. The highest BCUT2D eigenvalue weighted by Gasteiger charge is 2.30. The van der Waals surface area contributed by atoms with Gasteiger partial charge in [-0.1, -0.05) is 24.3 Å². The van der Waals surface area contributed by atoms with E-state index in [0.29, 0.717) is 42.1 Å². The van der Waals surface area contributed by atoms with Crippen molar-refractivity contribution in [3.63, 3.8) is 0 Å². The van der Waals surface area contributed by atoms with Crippen molar-refractivity contribution in [2.24, 2.45) is 4.99 Å². The van der Waals surface area contributed by atoms with Crippen LogP contribution in [-0.2, 0) is 14.3 Å². The Hall–Kier alpha value is -2.75. The van der Waals surface area contributed by atoms with Crippen molar-refractivity contribution in [2.75, 3.05) is 46.2 Å². The zero-order chi connectivity index (χ0) is 23.2. The van der Waals surface area contributed by atoms with E-state index in [9.17, 15) is 9.59 Å². The molecule has 7 nitrogen and oxygen atoms in total. The van der Waals surface area contributed by atoms with Crippen molar-refractivity contribution in [1.82, 2.24) is 9.80 Å². The lowest BCUT2D eigenvalue weighted by Crippen LogP contribution is -2.43. The highest BCUT2D eigenvalue weighted by atomic mass is 32.2. The minimum atomic E-state index is -0.126. The number of nitrogens with zero attached hydrogens (tertiary/aromatic N) is 3. The van der Waals surface area contributed by atoms with Crippen LogP contribution in [0, 0.1) is 0 Å². The third-order valence-electron chi connectivity index (χ3n) is 5.20. The Morgan fingerprint density at radius 2 is 2.00 bits per heavy atom. The van der Waals surface area contributed by atoms with Gasteiger partial charge in [-0.05, 0) is 48.4 Å². The summed E-state index contributed by atoms with van der Waals surface area (Å²) >= 11 is 2.97. The summed E-state index contributed by atoms with van der Waals surface area (Å²) in [6.45, 7) is 2.19. The third-order valence-corrected chi connectivity index (χ3v) is 6.99. The number of likely N-dealkylation sites (N-methyl/N-ethyl adjacent to an activating group) is 1. The Balaban J connectivity index is 1.50. The molecule has 0 N–H and O–H groups in total. The van der Waals surface area contributed by atoms with Crippen LogP contribution in [0.3, 0.4) is 0 Å². The van der Waals surface area contributed by atoms with Gasteiger partial charge in [0.2, 0.25) is 0 Å². The standard InChI is InChI=1S/C24H25N3O4S2/c1-26-23(29)21(33-24(26)25-18-7-5-8-19(15-18)32-2)14-17-6-3-4-9-20(17)31-16-22(28)27-10-12-30-13-11-27/h3-9,14-15H,10-13,16H2,1-2H3/b21-14+,25-24?.